The van der Waals surface area contributed by atoms with Gasteiger partial charge in [0.2, 0.25) is 5.91 Å². The zero-order chi connectivity index (χ0) is 19.2. The molecule has 0 aliphatic carbocycles. The van der Waals surface area contributed by atoms with Gasteiger partial charge in [-0.15, -0.1) is 0 Å². The number of rotatable bonds is 8. The first kappa shape index (κ1) is 19.7. The fourth-order valence-electron chi connectivity index (χ4n) is 2.87. The van der Waals surface area contributed by atoms with Crippen molar-refractivity contribution in [2.45, 2.75) is 18.1 Å². The summed E-state index contributed by atoms with van der Waals surface area (Å²) in [6, 6.07) is 10.4. The van der Waals surface area contributed by atoms with E-state index >= 15 is 0 Å². The van der Waals surface area contributed by atoms with Gasteiger partial charge in [-0.2, -0.15) is 11.3 Å². The summed E-state index contributed by atoms with van der Waals surface area (Å²) in [6.45, 7) is 2.66. The predicted octanol–water partition coefficient (Wildman–Crippen LogP) is 3.75. The van der Waals surface area contributed by atoms with Crippen molar-refractivity contribution in [3.63, 3.8) is 0 Å². The third-order valence-corrected chi connectivity index (χ3v) is 6.03. The lowest BCUT2D eigenvalue weighted by Crippen LogP contribution is -2.35. The van der Waals surface area contributed by atoms with Crippen molar-refractivity contribution >= 4 is 29.0 Å². The Labute approximate surface area is 168 Å². The number of carbonyl (C=O) groups excluding carboxylic acids is 1. The summed E-state index contributed by atoms with van der Waals surface area (Å²) in [6.07, 6.45) is 3.70. The standard InChI is InChI=1S/C20H24N4OS2/c1-15-6-4-5-7-17(15)24-10-9-21-20(24)27-14-19(25)22-12-18(23(2)3)16-8-11-26-13-16/h4-11,13,18H,12,14H2,1-3H3,(H,22,25). The first-order chi connectivity index (χ1) is 13.1. The van der Waals surface area contributed by atoms with Crippen molar-refractivity contribution in [3.05, 3.63) is 64.6 Å². The molecule has 7 heteroatoms. The summed E-state index contributed by atoms with van der Waals surface area (Å²) in [5.74, 6) is 0.355. The van der Waals surface area contributed by atoms with Crippen molar-refractivity contribution in [1.29, 1.82) is 0 Å². The van der Waals surface area contributed by atoms with Crippen LogP contribution >= 0.6 is 23.1 Å². The number of hydrogen-bond donors (Lipinski definition) is 1. The molecule has 0 saturated heterocycles. The Morgan fingerprint density at radius 2 is 2.15 bits per heavy atom. The van der Waals surface area contributed by atoms with Crippen LogP contribution in [0.4, 0.5) is 0 Å². The highest BCUT2D eigenvalue weighted by Crippen LogP contribution is 2.23. The molecular weight excluding hydrogens is 376 g/mol. The monoisotopic (exact) mass is 400 g/mol. The quantitative estimate of drug-likeness (QED) is 0.585. The lowest BCUT2D eigenvalue weighted by molar-refractivity contribution is -0.118. The highest BCUT2D eigenvalue weighted by atomic mass is 32.2. The molecule has 0 saturated carbocycles. The van der Waals surface area contributed by atoms with Crippen LogP contribution < -0.4 is 5.32 Å². The van der Waals surface area contributed by atoms with Gasteiger partial charge in [0, 0.05) is 18.9 Å². The fraction of sp³-hybridized carbons (Fsp3) is 0.300. The Bertz CT molecular complexity index is 874. The molecule has 2 heterocycles. The van der Waals surface area contributed by atoms with Crippen LogP contribution in [0.3, 0.4) is 0 Å². The Morgan fingerprint density at radius 1 is 1.33 bits per heavy atom. The van der Waals surface area contributed by atoms with Crippen molar-refractivity contribution in [3.8, 4) is 5.69 Å². The van der Waals surface area contributed by atoms with Gasteiger partial charge in [-0.05, 0) is 55.0 Å². The van der Waals surface area contributed by atoms with Gasteiger partial charge in [0.05, 0.1) is 17.5 Å². The van der Waals surface area contributed by atoms with E-state index in [0.717, 1.165) is 10.8 Å². The number of thioether (sulfide) groups is 1. The molecule has 3 rings (SSSR count). The highest BCUT2D eigenvalue weighted by molar-refractivity contribution is 7.99. The summed E-state index contributed by atoms with van der Waals surface area (Å²) in [7, 11) is 4.06. The summed E-state index contributed by atoms with van der Waals surface area (Å²) in [5, 5.41) is 8.07. The maximum atomic E-state index is 12.4. The van der Waals surface area contributed by atoms with Gasteiger partial charge in [-0.1, -0.05) is 30.0 Å². The highest BCUT2D eigenvalue weighted by Gasteiger charge is 2.16. The number of likely N-dealkylation sites (N-methyl/N-ethyl adjacent to an activating group) is 1. The molecule has 0 fully saturated rings. The fourth-order valence-corrected chi connectivity index (χ4v) is 4.37. The summed E-state index contributed by atoms with van der Waals surface area (Å²) >= 11 is 3.13. The van der Waals surface area contributed by atoms with Crippen LogP contribution in [0, 0.1) is 6.92 Å². The lowest BCUT2D eigenvalue weighted by Gasteiger charge is -2.24. The minimum atomic E-state index is 0.0152. The molecule has 1 N–H and O–H groups in total. The van der Waals surface area contributed by atoms with Gasteiger partial charge >= 0.3 is 0 Å². The normalized spacial score (nSPS) is 12.3. The molecule has 1 unspecified atom stereocenters. The molecule has 1 atom stereocenters. The number of amides is 1. The first-order valence-corrected chi connectivity index (χ1v) is 10.7. The average molecular weight is 401 g/mol. The number of nitrogens with one attached hydrogen (secondary N) is 1. The van der Waals surface area contributed by atoms with E-state index in [1.165, 1.54) is 22.9 Å². The number of para-hydroxylation sites is 1. The largest absolute Gasteiger partial charge is 0.353 e. The zero-order valence-corrected chi connectivity index (χ0v) is 17.4. The molecule has 142 valence electrons. The second-order valence-electron chi connectivity index (χ2n) is 6.50. The van der Waals surface area contributed by atoms with E-state index in [-0.39, 0.29) is 11.9 Å². The molecule has 1 aromatic carbocycles. The van der Waals surface area contributed by atoms with Gasteiger partial charge < -0.3 is 10.2 Å². The van der Waals surface area contributed by atoms with Crippen LogP contribution in [0.25, 0.3) is 5.69 Å². The van der Waals surface area contributed by atoms with Gasteiger partial charge in [-0.3, -0.25) is 9.36 Å². The molecule has 0 bridgehead atoms. The molecule has 1 amide bonds. The smallest absolute Gasteiger partial charge is 0.230 e. The second kappa shape index (κ2) is 9.21. The molecular formula is C20H24N4OS2. The average Bonchev–Trinajstić information content (AvgIpc) is 3.32. The van der Waals surface area contributed by atoms with Gasteiger partial charge in [-0.25, -0.2) is 4.98 Å². The zero-order valence-electron chi connectivity index (χ0n) is 15.8. The van der Waals surface area contributed by atoms with Crippen LogP contribution in [0.15, 0.2) is 58.6 Å². The number of aryl methyl sites for hydroxylation is 1. The SMILES string of the molecule is Cc1ccccc1-n1ccnc1SCC(=O)NCC(c1ccsc1)N(C)C. The maximum absolute atomic E-state index is 12.4. The number of carbonyl (C=O) groups is 1. The van der Waals surface area contributed by atoms with Gasteiger partial charge in [0.1, 0.15) is 0 Å². The first-order valence-electron chi connectivity index (χ1n) is 8.73. The number of nitrogens with zero attached hydrogens (tertiary/aromatic N) is 3. The summed E-state index contributed by atoms with van der Waals surface area (Å²) in [4.78, 5) is 18.9. The topological polar surface area (TPSA) is 50.2 Å². The summed E-state index contributed by atoms with van der Waals surface area (Å²) in [5.41, 5.74) is 3.49. The van der Waals surface area contributed by atoms with E-state index < -0.39 is 0 Å². The molecule has 3 aromatic rings. The van der Waals surface area contributed by atoms with Crippen molar-refractivity contribution < 1.29 is 4.79 Å². The number of imidazole rings is 1. The molecule has 27 heavy (non-hydrogen) atoms. The van der Waals surface area contributed by atoms with E-state index in [2.05, 4.69) is 51.1 Å². The summed E-state index contributed by atoms with van der Waals surface area (Å²) < 4.78 is 2.03. The van der Waals surface area contributed by atoms with E-state index in [1.807, 2.05) is 37.0 Å². The van der Waals surface area contributed by atoms with Crippen molar-refractivity contribution in [2.75, 3.05) is 26.4 Å². The minimum Gasteiger partial charge on any atom is -0.353 e. The van der Waals surface area contributed by atoms with Crippen LogP contribution in [0.2, 0.25) is 0 Å². The van der Waals surface area contributed by atoms with Gasteiger partial charge in [0.15, 0.2) is 5.16 Å². The Hall–Kier alpha value is -2.09. The van der Waals surface area contributed by atoms with Crippen LogP contribution in [-0.4, -0.2) is 46.8 Å². The Kier molecular flexibility index (Phi) is 6.71. The Morgan fingerprint density at radius 3 is 2.85 bits per heavy atom. The van der Waals surface area contributed by atoms with Crippen LogP contribution in [0.5, 0.6) is 0 Å². The van der Waals surface area contributed by atoms with E-state index in [0.29, 0.717) is 12.3 Å². The molecule has 2 aromatic heterocycles. The number of aromatic nitrogens is 2. The van der Waals surface area contributed by atoms with Gasteiger partial charge in [0.25, 0.3) is 0 Å². The number of hydrogen-bond acceptors (Lipinski definition) is 5. The lowest BCUT2D eigenvalue weighted by atomic mass is 10.1. The predicted molar refractivity (Wildman–Crippen MR) is 113 cm³/mol. The molecule has 5 nitrogen and oxygen atoms in total. The van der Waals surface area contributed by atoms with Crippen LogP contribution in [-0.2, 0) is 4.79 Å². The third kappa shape index (κ3) is 5.00. The van der Waals surface area contributed by atoms with E-state index in [9.17, 15) is 4.79 Å². The minimum absolute atomic E-state index is 0.0152. The van der Waals surface area contributed by atoms with Crippen molar-refractivity contribution in [2.24, 2.45) is 0 Å². The van der Waals surface area contributed by atoms with E-state index in [4.69, 9.17) is 0 Å². The van der Waals surface area contributed by atoms with Crippen molar-refractivity contribution in [1.82, 2.24) is 19.8 Å². The second-order valence-corrected chi connectivity index (χ2v) is 8.22. The molecule has 0 aliphatic heterocycles. The maximum Gasteiger partial charge on any atom is 0.230 e. The van der Waals surface area contributed by atoms with Crippen LogP contribution in [0.1, 0.15) is 17.2 Å². The molecule has 0 spiro atoms. The number of thiophene rings is 1. The van der Waals surface area contributed by atoms with E-state index in [1.54, 1.807) is 17.5 Å². The number of benzene rings is 1. The Balaban J connectivity index is 1.57. The molecule has 0 radical (unpaired) electrons. The molecule has 0 aliphatic rings. The third-order valence-electron chi connectivity index (χ3n) is 4.36.